The number of hydrogen-bond acceptors (Lipinski definition) is 3. The van der Waals surface area contributed by atoms with Gasteiger partial charge in [-0.25, -0.2) is 0 Å². The Kier molecular flexibility index (Phi) is 20.2. The molecule has 9 aromatic carbocycles. The lowest BCUT2D eigenvalue weighted by atomic mass is 9.68. The Morgan fingerprint density at radius 1 is 0.343 bits per heavy atom. The van der Waals surface area contributed by atoms with Crippen LogP contribution in [0, 0.1) is 6.92 Å². The quantitative estimate of drug-likeness (QED) is 0.0394. The molecular formula is C96H113NO2. The fourth-order valence-electron chi connectivity index (χ4n) is 18.9. The van der Waals surface area contributed by atoms with Gasteiger partial charge in [0.05, 0.1) is 0 Å². The Morgan fingerprint density at radius 2 is 0.808 bits per heavy atom. The number of benzene rings is 9. The largest absolute Gasteiger partial charge is 0.456 e. The molecule has 0 amide bonds. The topological polar surface area (TPSA) is 29.5 Å². The molecule has 0 aliphatic heterocycles. The van der Waals surface area contributed by atoms with Gasteiger partial charge in [0.15, 0.2) is 0 Å². The van der Waals surface area contributed by atoms with Crippen molar-refractivity contribution in [3.05, 3.63) is 208 Å². The number of para-hydroxylation sites is 2. The molecule has 0 saturated carbocycles. The molecule has 3 nitrogen and oxygen atoms in total. The zero-order valence-electron chi connectivity index (χ0n) is 62.2. The Balaban J connectivity index is 0.977. The monoisotopic (exact) mass is 1310 g/mol. The fraction of sp³-hybridized carbons (Fsp3) is 0.438. The van der Waals surface area contributed by atoms with E-state index in [9.17, 15) is 0 Å². The van der Waals surface area contributed by atoms with Gasteiger partial charge in [0.25, 0.3) is 0 Å². The van der Waals surface area contributed by atoms with Crippen LogP contribution in [0.2, 0.25) is 0 Å². The number of rotatable bonds is 32. The molecule has 0 atom stereocenters. The molecule has 0 unspecified atom stereocenters. The average Bonchev–Trinajstić information content (AvgIpc) is 1.53. The highest BCUT2D eigenvalue weighted by Gasteiger charge is 2.49. The number of fused-ring (bicyclic) bond motifs is 17. The van der Waals surface area contributed by atoms with Crippen LogP contribution in [0.5, 0.6) is 0 Å². The van der Waals surface area contributed by atoms with Crippen molar-refractivity contribution in [3.8, 4) is 44.5 Å². The molecule has 0 bridgehead atoms. The van der Waals surface area contributed by atoms with Gasteiger partial charge in [-0.15, -0.1) is 0 Å². The van der Waals surface area contributed by atoms with Crippen LogP contribution in [0.3, 0.4) is 0 Å². The van der Waals surface area contributed by atoms with Crippen molar-refractivity contribution in [1.29, 1.82) is 0 Å². The summed E-state index contributed by atoms with van der Waals surface area (Å²) < 4.78 is 13.9. The maximum Gasteiger partial charge on any atom is 0.143 e. The van der Waals surface area contributed by atoms with Gasteiger partial charge in [-0.3, -0.25) is 0 Å². The standard InChI is InChI=1S/C96H113NO2/c1-11-15-19-23-27-35-56-95(57-36-28-24-20-16-12-2)79-54-55-87-90(74-42-31-33-44-85(74)98-87)89(79)78-65-82-77(64-83(78)95)72-52-50-71(62-81(72)96(82,58-37-29-25-21-17-13-3)59-38-30-26-22-18-14-4)97(69-48-46-68(47-49-69)93(6,7)8)70-51-53-73-80(61-70)94(9,10)84-63-76(67-41-39-40-66(5)60-67)92-91(88(73)84)75-43-32-34-45-86(75)99-92/h31-34,39-55,60-65H,11-30,35-38,56-59H2,1-10H3. The van der Waals surface area contributed by atoms with Gasteiger partial charge in [-0.05, 0) is 189 Å². The summed E-state index contributed by atoms with van der Waals surface area (Å²) in [5, 5.41) is 4.98. The van der Waals surface area contributed by atoms with E-state index in [1.54, 1.807) is 22.3 Å². The van der Waals surface area contributed by atoms with Crippen molar-refractivity contribution >= 4 is 60.9 Å². The molecule has 2 aromatic heterocycles. The van der Waals surface area contributed by atoms with Gasteiger partial charge in [-0.2, -0.15) is 0 Å². The number of unbranched alkanes of at least 4 members (excludes halogenated alkanes) is 20. The van der Waals surface area contributed by atoms with E-state index in [1.165, 1.54) is 267 Å². The first kappa shape index (κ1) is 68.5. The highest BCUT2D eigenvalue weighted by Crippen LogP contribution is 2.64. The summed E-state index contributed by atoms with van der Waals surface area (Å²) in [6, 6.07) is 64.7. The maximum atomic E-state index is 6.99. The molecule has 0 radical (unpaired) electrons. The van der Waals surface area contributed by atoms with Crippen LogP contribution < -0.4 is 4.90 Å². The third kappa shape index (κ3) is 12.7. The smallest absolute Gasteiger partial charge is 0.143 e. The Bertz CT molecular complexity index is 4630. The fourth-order valence-corrected chi connectivity index (χ4v) is 18.9. The van der Waals surface area contributed by atoms with Crippen molar-refractivity contribution in [2.24, 2.45) is 0 Å². The van der Waals surface area contributed by atoms with Crippen molar-refractivity contribution in [2.45, 2.75) is 271 Å². The summed E-state index contributed by atoms with van der Waals surface area (Å²) in [4.78, 5) is 2.64. The van der Waals surface area contributed by atoms with E-state index in [-0.39, 0.29) is 21.7 Å². The van der Waals surface area contributed by atoms with Gasteiger partial charge >= 0.3 is 0 Å². The zero-order valence-corrected chi connectivity index (χ0v) is 62.2. The first-order valence-corrected chi connectivity index (χ1v) is 39.6. The third-order valence-corrected chi connectivity index (χ3v) is 24.3. The normalized spacial score (nSPS) is 14.5. The van der Waals surface area contributed by atoms with Crippen LogP contribution >= 0.6 is 0 Å². The molecule has 0 N–H and O–H groups in total. The lowest BCUT2D eigenvalue weighted by molar-refractivity contribution is 0.394. The minimum absolute atomic E-state index is 0.0107. The summed E-state index contributed by atoms with van der Waals surface area (Å²) in [7, 11) is 0. The molecule has 99 heavy (non-hydrogen) atoms. The first-order valence-electron chi connectivity index (χ1n) is 39.6. The lowest BCUT2D eigenvalue weighted by Gasteiger charge is -2.35. The zero-order chi connectivity index (χ0) is 68.5. The molecule has 11 aromatic rings. The molecule has 3 aliphatic rings. The number of nitrogens with zero attached hydrogens (tertiary/aromatic N) is 1. The predicted octanol–water partition coefficient (Wildman–Crippen LogP) is 30.1. The molecule has 0 spiro atoms. The first-order chi connectivity index (χ1) is 48.2. The molecular weight excluding hydrogens is 1200 g/mol. The summed E-state index contributed by atoms with van der Waals surface area (Å²) in [5.74, 6) is 0. The van der Waals surface area contributed by atoms with E-state index in [0.29, 0.717) is 0 Å². The van der Waals surface area contributed by atoms with Gasteiger partial charge in [-0.1, -0.05) is 313 Å². The van der Waals surface area contributed by atoms with Crippen molar-refractivity contribution in [2.75, 3.05) is 4.90 Å². The van der Waals surface area contributed by atoms with Crippen molar-refractivity contribution in [1.82, 2.24) is 0 Å². The molecule has 14 rings (SSSR count). The summed E-state index contributed by atoms with van der Waals surface area (Å²) in [6.45, 7) is 23.6. The van der Waals surface area contributed by atoms with Crippen molar-refractivity contribution in [3.63, 3.8) is 0 Å². The minimum atomic E-state index is -0.316. The summed E-state index contributed by atoms with van der Waals surface area (Å²) >= 11 is 0. The third-order valence-electron chi connectivity index (χ3n) is 24.3. The van der Waals surface area contributed by atoms with Gasteiger partial charge < -0.3 is 13.7 Å². The van der Waals surface area contributed by atoms with Crippen LogP contribution in [-0.4, -0.2) is 0 Å². The molecule has 2 heterocycles. The van der Waals surface area contributed by atoms with Gasteiger partial charge in [0.1, 0.15) is 22.3 Å². The number of furan rings is 2. The second-order valence-corrected chi connectivity index (χ2v) is 32.4. The van der Waals surface area contributed by atoms with Gasteiger partial charge in [0.2, 0.25) is 0 Å². The van der Waals surface area contributed by atoms with Crippen LogP contribution in [0.25, 0.3) is 88.4 Å². The minimum Gasteiger partial charge on any atom is -0.456 e. The number of anilines is 3. The molecule has 514 valence electrons. The number of aryl methyl sites for hydroxylation is 1. The maximum absolute atomic E-state index is 6.99. The second kappa shape index (κ2) is 29.2. The summed E-state index contributed by atoms with van der Waals surface area (Å²) in [5.41, 5.74) is 29.5. The molecule has 3 heteroatoms. The molecule has 3 aliphatic carbocycles. The second-order valence-electron chi connectivity index (χ2n) is 32.4. The van der Waals surface area contributed by atoms with E-state index >= 15 is 0 Å². The SMILES string of the molecule is CCCCCCCCC1(CCCCCCCC)c2cc(N(c3ccc(C(C)(C)C)cc3)c3ccc4c(c3)C(C)(C)c3cc(-c5cccc(C)c5)c5oc6ccccc6c5c3-4)ccc2-c2cc3c(cc21)-c1c(ccc2oc4ccccc4c12)C3(CCCCCCCC)CCCCCCCC. The number of hydrogen-bond donors (Lipinski definition) is 0. The highest BCUT2D eigenvalue weighted by atomic mass is 16.3. The van der Waals surface area contributed by atoms with E-state index in [4.69, 9.17) is 8.83 Å². The van der Waals surface area contributed by atoms with E-state index in [1.807, 2.05) is 0 Å². The van der Waals surface area contributed by atoms with E-state index in [0.717, 1.165) is 40.7 Å². The van der Waals surface area contributed by atoms with Crippen LogP contribution in [0.1, 0.15) is 287 Å². The van der Waals surface area contributed by atoms with Crippen LogP contribution in [-0.2, 0) is 21.7 Å². The van der Waals surface area contributed by atoms with E-state index in [2.05, 4.69) is 238 Å². The summed E-state index contributed by atoms with van der Waals surface area (Å²) in [6.07, 6.45) is 35.7. The Hall–Kier alpha value is -7.62. The van der Waals surface area contributed by atoms with Crippen LogP contribution in [0.15, 0.2) is 173 Å². The van der Waals surface area contributed by atoms with E-state index < -0.39 is 0 Å². The Morgan fingerprint density at radius 3 is 1.38 bits per heavy atom. The van der Waals surface area contributed by atoms with Crippen LogP contribution in [0.4, 0.5) is 17.1 Å². The van der Waals surface area contributed by atoms with Crippen molar-refractivity contribution < 1.29 is 8.83 Å². The Labute approximate surface area is 594 Å². The molecule has 0 saturated heterocycles. The average molecular weight is 1310 g/mol. The lowest BCUT2D eigenvalue weighted by Crippen LogP contribution is -2.27. The highest BCUT2D eigenvalue weighted by molar-refractivity contribution is 6.19. The molecule has 0 fully saturated rings. The van der Waals surface area contributed by atoms with Gasteiger partial charge in [0, 0.05) is 60.4 Å². The predicted molar refractivity (Wildman–Crippen MR) is 427 cm³/mol.